The fourth-order valence-electron chi connectivity index (χ4n) is 1.81. The van der Waals surface area contributed by atoms with Gasteiger partial charge in [-0.1, -0.05) is 20.8 Å². The molecule has 0 aliphatic carbocycles. The Balaban J connectivity index is 3.13. The molecule has 0 radical (unpaired) electrons. The zero-order chi connectivity index (χ0) is 14.4. The first-order valence-corrected chi connectivity index (χ1v) is 7.50. The van der Waals surface area contributed by atoms with Gasteiger partial charge < -0.3 is 10.8 Å². The van der Waals surface area contributed by atoms with Gasteiger partial charge in [0.25, 0.3) is 0 Å². The Labute approximate surface area is 118 Å². The van der Waals surface area contributed by atoms with Gasteiger partial charge in [0.05, 0.1) is 11.3 Å². The number of aliphatic hydroxyl groups excluding tert-OH is 1. The van der Waals surface area contributed by atoms with Crippen LogP contribution in [0.15, 0.2) is 5.03 Å². The number of aromatic nitrogens is 2. The lowest BCUT2D eigenvalue weighted by molar-refractivity contribution is 0.250. The second-order valence-corrected chi connectivity index (χ2v) is 5.53. The summed E-state index contributed by atoms with van der Waals surface area (Å²) in [5, 5.41) is 25.9. The van der Waals surface area contributed by atoms with Crippen LogP contribution in [-0.4, -0.2) is 33.5 Å². The topological polar surface area (TPSA) is 95.9 Å². The predicted molar refractivity (Wildman–Crippen MR) is 78.8 cm³/mol. The third-order valence-electron chi connectivity index (χ3n) is 2.90. The van der Waals surface area contributed by atoms with E-state index in [0.29, 0.717) is 10.6 Å². The lowest BCUT2D eigenvalue weighted by Gasteiger charge is -2.14. The fourth-order valence-corrected chi connectivity index (χ4v) is 2.83. The van der Waals surface area contributed by atoms with Crippen LogP contribution < -0.4 is 5.73 Å². The zero-order valence-corrected chi connectivity index (χ0v) is 12.5. The number of nitrogens with two attached hydrogens (primary N) is 1. The van der Waals surface area contributed by atoms with Crippen LogP contribution >= 0.6 is 11.8 Å². The minimum Gasteiger partial charge on any atom is -0.396 e. The molecule has 1 aromatic heterocycles. The zero-order valence-electron chi connectivity index (χ0n) is 11.7. The Morgan fingerprint density at radius 2 is 2.05 bits per heavy atom. The molecule has 0 bridgehead atoms. The Kier molecular flexibility index (Phi) is 6.24. The van der Waals surface area contributed by atoms with Crippen LogP contribution in [0.3, 0.4) is 0 Å². The molecule has 1 rings (SSSR count). The van der Waals surface area contributed by atoms with E-state index < -0.39 is 0 Å². The molecule has 1 heterocycles. The first-order valence-electron chi connectivity index (χ1n) is 6.51. The van der Waals surface area contributed by atoms with Crippen molar-refractivity contribution in [3.63, 3.8) is 0 Å². The number of thioether (sulfide) groups is 1. The number of hydrogen-bond donors (Lipinski definition) is 3. The van der Waals surface area contributed by atoms with Gasteiger partial charge in [0, 0.05) is 12.4 Å². The summed E-state index contributed by atoms with van der Waals surface area (Å²) in [6.45, 7) is 6.17. The Morgan fingerprint density at radius 3 is 2.53 bits per heavy atom. The highest BCUT2D eigenvalue weighted by atomic mass is 32.2. The summed E-state index contributed by atoms with van der Waals surface area (Å²) < 4.78 is 0. The van der Waals surface area contributed by atoms with E-state index in [2.05, 4.69) is 10.2 Å². The lowest BCUT2D eigenvalue weighted by atomic mass is 10.0. The van der Waals surface area contributed by atoms with Crippen LogP contribution in [0.4, 0.5) is 0 Å². The minimum absolute atomic E-state index is 0.0422. The average Bonchev–Trinajstić information content (AvgIpc) is 2.42. The highest BCUT2D eigenvalue weighted by molar-refractivity contribution is 7.99. The molecule has 0 amide bonds. The maximum Gasteiger partial charge on any atom is 0.130 e. The highest BCUT2D eigenvalue weighted by Crippen LogP contribution is 2.26. The first kappa shape index (κ1) is 15.9. The molecule has 0 spiro atoms. The molecule has 0 aliphatic rings. The van der Waals surface area contributed by atoms with E-state index in [0.717, 1.165) is 29.9 Å². The number of hydrogen-bond acceptors (Lipinski definition) is 5. The quantitative estimate of drug-likeness (QED) is 0.401. The molecule has 5 nitrogen and oxygen atoms in total. The molecule has 4 N–H and O–H groups in total. The smallest absolute Gasteiger partial charge is 0.130 e. The van der Waals surface area contributed by atoms with Crippen molar-refractivity contribution >= 4 is 17.6 Å². The van der Waals surface area contributed by atoms with Crippen molar-refractivity contribution in [1.29, 1.82) is 5.41 Å². The number of amidine groups is 1. The number of nitrogen functional groups attached to an aromatic ring is 1. The Bertz CT molecular complexity index is 451. The van der Waals surface area contributed by atoms with Gasteiger partial charge >= 0.3 is 0 Å². The van der Waals surface area contributed by atoms with Gasteiger partial charge in [-0.15, -0.1) is 16.9 Å². The molecule has 106 valence electrons. The Hall–Kier alpha value is -1.14. The summed E-state index contributed by atoms with van der Waals surface area (Å²) >= 11 is 1.50. The summed E-state index contributed by atoms with van der Waals surface area (Å²) in [5.74, 6) is 0.961. The number of aryl methyl sites for hydroxylation is 1. The number of aliphatic hydroxyl groups is 1. The van der Waals surface area contributed by atoms with Gasteiger partial charge in [0.2, 0.25) is 0 Å². The van der Waals surface area contributed by atoms with Crippen LogP contribution in [-0.2, 0) is 12.8 Å². The molecule has 0 aliphatic heterocycles. The van der Waals surface area contributed by atoms with Crippen LogP contribution in [0, 0.1) is 11.3 Å². The van der Waals surface area contributed by atoms with Gasteiger partial charge in [-0.25, -0.2) is 0 Å². The number of rotatable bonds is 7. The van der Waals surface area contributed by atoms with Gasteiger partial charge in [0.15, 0.2) is 0 Å². The molecule has 19 heavy (non-hydrogen) atoms. The van der Waals surface area contributed by atoms with Gasteiger partial charge in [-0.05, 0) is 24.3 Å². The summed E-state index contributed by atoms with van der Waals surface area (Å²) in [6, 6.07) is 0. The van der Waals surface area contributed by atoms with E-state index in [-0.39, 0.29) is 18.4 Å². The van der Waals surface area contributed by atoms with Crippen molar-refractivity contribution in [1.82, 2.24) is 10.2 Å². The monoisotopic (exact) mass is 282 g/mol. The van der Waals surface area contributed by atoms with Crippen LogP contribution in [0.1, 0.15) is 37.6 Å². The summed E-state index contributed by atoms with van der Waals surface area (Å²) in [4.78, 5) is 0. The van der Waals surface area contributed by atoms with E-state index in [4.69, 9.17) is 16.2 Å². The van der Waals surface area contributed by atoms with Crippen LogP contribution in [0.5, 0.6) is 0 Å². The maximum absolute atomic E-state index is 9.06. The SMILES string of the molecule is CCc1nnc(SCC(C)CO)c(C(=N)N)c1CC. The molecule has 1 atom stereocenters. The number of nitrogens with one attached hydrogen (secondary N) is 1. The second kappa shape index (κ2) is 7.45. The summed E-state index contributed by atoms with van der Waals surface area (Å²) in [7, 11) is 0. The lowest BCUT2D eigenvalue weighted by Crippen LogP contribution is -2.19. The fraction of sp³-hybridized carbons (Fsp3) is 0.615. The van der Waals surface area contributed by atoms with Crippen LogP contribution in [0.2, 0.25) is 0 Å². The van der Waals surface area contributed by atoms with Crippen molar-refractivity contribution < 1.29 is 5.11 Å². The highest BCUT2D eigenvalue weighted by Gasteiger charge is 2.17. The number of nitrogens with zero attached hydrogens (tertiary/aromatic N) is 2. The van der Waals surface area contributed by atoms with Crippen molar-refractivity contribution in [3.05, 3.63) is 16.8 Å². The largest absolute Gasteiger partial charge is 0.396 e. The summed E-state index contributed by atoms with van der Waals surface area (Å²) in [6.07, 6.45) is 1.57. The first-order chi connectivity index (χ1) is 9.04. The van der Waals surface area contributed by atoms with Crippen molar-refractivity contribution in [2.45, 2.75) is 38.6 Å². The maximum atomic E-state index is 9.06. The second-order valence-electron chi connectivity index (χ2n) is 4.52. The molecule has 0 saturated heterocycles. The molecular weight excluding hydrogens is 260 g/mol. The molecule has 1 unspecified atom stereocenters. The van der Waals surface area contributed by atoms with E-state index in [1.807, 2.05) is 20.8 Å². The average molecular weight is 282 g/mol. The van der Waals surface area contributed by atoms with Gasteiger partial charge in [-0.2, -0.15) is 5.10 Å². The predicted octanol–water partition coefficient (Wildman–Crippen LogP) is 1.61. The van der Waals surface area contributed by atoms with Gasteiger partial charge in [-0.3, -0.25) is 5.41 Å². The third-order valence-corrected chi connectivity index (χ3v) is 4.19. The van der Waals surface area contributed by atoms with Crippen molar-refractivity contribution in [3.8, 4) is 0 Å². The van der Waals surface area contributed by atoms with Gasteiger partial charge in [0.1, 0.15) is 10.9 Å². The Morgan fingerprint density at radius 1 is 1.37 bits per heavy atom. The molecular formula is C13H22N4OS. The molecule has 0 fully saturated rings. The molecule has 0 saturated carbocycles. The van der Waals surface area contributed by atoms with Crippen molar-refractivity contribution in [2.24, 2.45) is 11.7 Å². The molecule has 1 aromatic rings. The molecule has 0 aromatic carbocycles. The van der Waals surface area contributed by atoms with E-state index in [9.17, 15) is 0 Å². The third kappa shape index (κ3) is 3.91. The van der Waals surface area contributed by atoms with E-state index >= 15 is 0 Å². The van der Waals surface area contributed by atoms with E-state index in [1.54, 1.807) is 0 Å². The standard InChI is InChI=1S/C13H22N4OS/c1-4-9-10(5-2)16-17-13(11(9)12(14)15)19-7-8(3)6-18/h8,18H,4-7H2,1-3H3,(H3,14,15). The normalized spacial score (nSPS) is 12.4. The van der Waals surface area contributed by atoms with E-state index in [1.165, 1.54) is 11.8 Å². The summed E-state index contributed by atoms with van der Waals surface area (Å²) in [5.41, 5.74) is 8.35. The molecule has 6 heteroatoms. The van der Waals surface area contributed by atoms with Crippen molar-refractivity contribution in [2.75, 3.05) is 12.4 Å². The van der Waals surface area contributed by atoms with Crippen LogP contribution in [0.25, 0.3) is 0 Å². The minimum atomic E-state index is 0.0422.